The molecule has 0 radical (unpaired) electrons. The summed E-state index contributed by atoms with van der Waals surface area (Å²) in [5.74, 6) is 1.11. The highest BCUT2D eigenvalue weighted by atomic mass is 35.5. The number of methoxy groups -OCH3 is 2. The molecular formula is C30H33Cl2N5O3. The lowest BCUT2D eigenvalue weighted by Crippen LogP contribution is -2.66. The van der Waals surface area contributed by atoms with Gasteiger partial charge in [0, 0.05) is 52.6 Å². The number of pyridine rings is 1. The number of fused-ring (bicyclic) bond motifs is 1. The van der Waals surface area contributed by atoms with Crippen molar-refractivity contribution in [3.63, 3.8) is 0 Å². The minimum Gasteiger partial charge on any atom is -0.495 e. The number of carbonyl (C=O) groups is 1. The van der Waals surface area contributed by atoms with Crippen LogP contribution in [0.5, 0.6) is 11.5 Å². The maximum absolute atomic E-state index is 13.1. The first-order chi connectivity index (χ1) is 18.9. The van der Waals surface area contributed by atoms with Gasteiger partial charge in [0.15, 0.2) is 0 Å². The van der Waals surface area contributed by atoms with Crippen molar-refractivity contribution in [2.24, 2.45) is 4.99 Å². The second-order valence-corrected chi connectivity index (χ2v) is 12.1. The summed E-state index contributed by atoms with van der Waals surface area (Å²) in [6.45, 7) is 10.9. The van der Waals surface area contributed by atoms with Crippen molar-refractivity contribution in [1.29, 1.82) is 0 Å². The quantitative estimate of drug-likeness (QED) is 0.400. The van der Waals surface area contributed by atoms with Crippen molar-refractivity contribution >= 4 is 40.6 Å². The normalized spacial score (nSPS) is 17.2. The first-order valence-corrected chi connectivity index (χ1v) is 13.8. The highest BCUT2D eigenvalue weighted by Crippen LogP contribution is 2.45. The van der Waals surface area contributed by atoms with Gasteiger partial charge in [0.2, 0.25) is 0 Å². The van der Waals surface area contributed by atoms with Crippen LogP contribution in [0.1, 0.15) is 49.3 Å². The zero-order chi connectivity index (χ0) is 28.8. The molecule has 8 nitrogen and oxygen atoms in total. The molecule has 40 heavy (non-hydrogen) atoms. The van der Waals surface area contributed by atoms with Gasteiger partial charge < -0.3 is 25.0 Å². The minimum absolute atomic E-state index is 0.0188. The summed E-state index contributed by atoms with van der Waals surface area (Å²) in [7, 11) is 3.05. The third-order valence-corrected chi connectivity index (χ3v) is 7.77. The van der Waals surface area contributed by atoms with Crippen molar-refractivity contribution in [3.05, 3.63) is 69.3 Å². The zero-order valence-corrected chi connectivity index (χ0v) is 25.0. The Morgan fingerprint density at radius 2 is 1.55 bits per heavy atom. The van der Waals surface area contributed by atoms with Crippen LogP contribution in [-0.2, 0) is 6.54 Å². The monoisotopic (exact) mass is 581 g/mol. The number of benzene rings is 2. The Labute approximate surface area is 244 Å². The SMILES string of the molecule is COc1cc(OC)c(Cl)c(-c2ccc3c(n2)CN=C3NC(=O)c2ccc(N3CC(C)(C)NC(C)(C)C3)cc2)c1Cl. The molecule has 0 aliphatic carbocycles. The van der Waals surface area contributed by atoms with Crippen molar-refractivity contribution in [1.82, 2.24) is 15.6 Å². The van der Waals surface area contributed by atoms with Gasteiger partial charge in [-0.1, -0.05) is 23.2 Å². The minimum atomic E-state index is -0.230. The van der Waals surface area contributed by atoms with Gasteiger partial charge in [-0.2, -0.15) is 0 Å². The smallest absolute Gasteiger partial charge is 0.256 e. The molecule has 5 rings (SSSR count). The largest absolute Gasteiger partial charge is 0.495 e. The number of rotatable bonds is 5. The number of piperazine rings is 1. The van der Waals surface area contributed by atoms with Crippen LogP contribution >= 0.6 is 23.2 Å². The summed E-state index contributed by atoms with van der Waals surface area (Å²) in [6, 6.07) is 13.0. The molecule has 2 N–H and O–H groups in total. The average molecular weight is 583 g/mol. The molecule has 3 heterocycles. The molecule has 0 saturated carbocycles. The van der Waals surface area contributed by atoms with E-state index in [-0.39, 0.29) is 17.0 Å². The molecular weight excluding hydrogens is 549 g/mol. The lowest BCUT2D eigenvalue weighted by atomic mass is 9.91. The highest BCUT2D eigenvalue weighted by Gasteiger charge is 2.36. The van der Waals surface area contributed by atoms with E-state index in [1.165, 1.54) is 14.2 Å². The predicted molar refractivity (Wildman–Crippen MR) is 160 cm³/mol. The lowest BCUT2D eigenvalue weighted by Gasteiger charge is -2.49. The third kappa shape index (κ3) is 5.48. The molecule has 0 spiro atoms. The van der Waals surface area contributed by atoms with Gasteiger partial charge >= 0.3 is 0 Å². The van der Waals surface area contributed by atoms with Crippen LogP contribution in [0, 0.1) is 0 Å². The first kappa shape index (κ1) is 28.2. The van der Waals surface area contributed by atoms with Crippen LogP contribution in [0.15, 0.2) is 47.5 Å². The lowest BCUT2D eigenvalue weighted by molar-refractivity contribution is 0.0977. The van der Waals surface area contributed by atoms with Gasteiger partial charge in [0.05, 0.1) is 42.2 Å². The fourth-order valence-corrected chi connectivity index (χ4v) is 6.32. The topological polar surface area (TPSA) is 88.1 Å². The molecule has 210 valence electrons. The Balaban J connectivity index is 1.33. The number of hydrogen-bond acceptors (Lipinski definition) is 7. The Hall–Kier alpha value is -3.33. The molecule has 1 saturated heterocycles. The number of hydrogen-bond donors (Lipinski definition) is 2. The second-order valence-electron chi connectivity index (χ2n) is 11.4. The molecule has 2 aliphatic rings. The average Bonchev–Trinajstić information content (AvgIpc) is 3.29. The molecule has 1 amide bonds. The van der Waals surface area contributed by atoms with Crippen molar-refractivity contribution < 1.29 is 14.3 Å². The van der Waals surface area contributed by atoms with Crippen LogP contribution in [0.3, 0.4) is 0 Å². The Morgan fingerprint density at radius 3 is 2.12 bits per heavy atom. The van der Waals surface area contributed by atoms with E-state index < -0.39 is 0 Å². The molecule has 3 aromatic rings. The van der Waals surface area contributed by atoms with Gasteiger partial charge in [0.1, 0.15) is 17.3 Å². The van der Waals surface area contributed by atoms with E-state index in [1.807, 2.05) is 30.3 Å². The molecule has 0 unspecified atom stereocenters. The van der Waals surface area contributed by atoms with Crippen LogP contribution in [0.25, 0.3) is 11.3 Å². The number of anilines is 1. The third-order valence-electron chi connectivity index (χ3n) is 7.02. The molecule has 2 aromatic carbocycles. The number of aliphatic imine (C=N–C) groups is 1. The van der Waals surface area contributed by atoms with E-state index in [9.17, 15) is 4.79 Å². The molecule has 0 atom stereocenters. The van der Waals surface area contributed by atoms with Gasteiger partial charge in [-0.3, -0.25) is 9.79 Å². The maximum atomic E-state index is 13.1. The van der Waals surface area contributed by atoms with Crippen molar-refractivity contribution in [3.8, 4) is 22.8 Å². The number of amides is 1. The first-order valence-electron chi connectivity index (χ1n) is 13.0. The Bertz CT molecular complexity index is 1460. The van der Waals surface area contributed by atoms with E-state index in [0.717, 1.165) is 24.3 Å². The summed E-state index contributed by atoms with van der Waals surface area (Å²) in [4.78, 5) is 24.8. The number of carbonyl (C=O) groups excluding carboxylic acids is 1. The van der Waals surface area contributed by atoms with E-state index in [0.29, 0.717) is 56.4 Å². The molecule has 0 bridgehead atoms. The molecule has 1 aromatic heterocycles. The number of ether oxygens (including phenoxy) is 2. The fourth-order valence-electron chi connectivity index (χ4n) is 5.62. The van der Waals surface area contributed by atoms with E-state index in [4.69, 9.17) is 37.7 Å². The maximum Gasteiger partial charge on any atom is 0.256 e. The number of halogens is 2. The molecule has 10 heteroatoms. The van der Waals surface area contributed by atoms with Crippen molar-refractivity contribution in [2.75, 3.05) is 32.2 Å². The summed E-state index contributed by atoms with van der Waals surface area (Å²) < 4.78 is 10.8. The second kappa shape index (κ2) is 10.6. The Kier molecular flexibility index (Phi) is 7.46. The molecule has 1 fully saturated rings. The highest BCUT2D eigenvalue weighted by molar-refractivity contribution is 6.41. The summed E-state index contributed by atoms with van der Waals surface area (Å²) in [6.07, 6.45) is 0. The standard InChI is InChI=1S/C30H33Cl2N5O3/c1-29(2)15-37(16-30(3,4)36-29)18-9-7-17(8-10-18)28(38)35-27-19-11-12-20(34-21(19)14-33-27)24-25(31)22(39-5)13-23(40-6)26(24)32/h7-13,36H,14-16H2,1-6H3,(H,33,35,38). The van der Waals surface area contributed by atoms with Crippen LogP contribution in [0.4, 0.5) is 5.69 Å². The zero-order valence-electron chi connectivity index (χ0n) is 23.5. The van der Waals surface area contributed by atoms with Gasteiger partial charge in [-0.25, -0.2) is 4.98 Å². The Morgan fingerprint density at radius 1 is 0.950 bits per heavy atom. The number of nitrogens with one attached hydrogen (secondary N) is 2. The van der Waals surface area contributed by atoms with Gasteiger partial charge in [-0.15, -0.1) is 0 Å². The molecule has 2 aliphatic heterocycles. The number of nitrogens with zero attached hydrogens (tertiary/aromatic N) is 3. The summed E-state index contributed by atoms with van der Waals surface area (Å²) in [5, 5.41) is 7.32. The van der Waals surface area contributed by atoms with Crippen LogP contribution in [0.2, 0.25) is 10.0 Å². The summed E-state index contributed by atoms with van der Waals surface area (Å²) >= 11 is 13.2. The van der Waals surface area contributed by atoms with E-state index >= 15 is 0 Å². The van der Waals surface area contributed by atoms with Gasteiger partial charge in [-0.05, 0) is 64.1 Å². The van der Waals surface area contributed by atoms with Crippen LogP contribution in [-0.4, -0.2) is 55.1 Å². The van der Waals surface area contributed by atoms with E-state index in [2.05, 4.69) is 48.2 Å². The fraction of sp³-hybridized carbons (Fsp3) is 0.367. The van der Waals surface area contributed by atoms with Crippen molar-refractivity contribution in [2.45, 2.75) is 45.3 Å². The number of aromatic nitrogens is 1. The summed E-state index contributed by atoms with van der Waals surface area (Å²) in [5.41, 5.74) is 4.14. The number of amidine groups is 1. The van der Waals surface area contributed by atoms with Crippen LogP contribution < -0.4 is 25.0 Å². The predicted octanol–water partition coefficient (Wildman–Crippen LogP) is 5.73. The van der Waals surface area contributed by atoms with E-state index in [1.54, 1.807) is 12.1 Å². The van der Waals surface area contributed by atoms with Gasteiger partial charge in [0.25, 0.3) is 5.91 Å².